The minimum Gasteiger partial charge on any atom is -0.505 e. The smallest absolute Gasteiger partial charge is 0.296 e. The molecule has 0 heterocycles. The average Bonchev–Trinajstić information content (AvgIpc) is 2.97. The maximum Gasteiger partial charge on any atom is 0.296 e. The SMILES string of the molecule is O=C(Nc1ccc(S(=O)(=O)O)c2cc(S(=O)(=O)O)c(N=Nc3ccc(C4CCCCC4)cc3)c(O)c12)c1cc(Cl)ccc1Cl. The number of phenolic OH excluding ortho intramolecular Hbond substituents is 1. The molecule has 4 aromatic rings. The van der Waals surface area contributed by atoms with E-state index in [0.717, 1.165) is 43.4 Å². The third-order valence-corrected chi connectivity index (χ3v) is 9.73. The molecule has 4 N–H and O–H groups in total. The van der Waals surface area contributed by atoms with Gasteiger partial charge in [0.1, 0.15) is 15.5 Å². The molecule has 15 heteroatoms. The van der Waals surface area contributed by atoms with Gasteiger partial charge in [-0.1, -0.05) is 54.6 Å². The number of rotatable bonds is 7. The normalized spacial score (nSPS) is 14.7. The van der Waals surface area contributed by atoms with Crippen LogP contribution in [0.1, 0.15) is 53.9 Å². The second-order valence-corrected chi connectivity index (χ2v) is 13.9. The Kier molecular flexibility index (Phi) is 8.99. The largest absolute Gasteiger partial charge is 0.505 e. The van der Waals surface area contributed by atoms with Gasteiger partial charge in [0.25, 0.3) is 26.1 Å². The highest BCUT2D eigenvalue weighted by Crippen LogP contribution is 2.46. The summed E-state index contributed by atoms with van der Waals surface area (Å²) in [6.07, 6.45) is 5.67. The van der Waals surface area contributed by atoms with Crippen molar-refractivity contribution in [2.24, 2.45) is 10.2 Å². The molecule has 0 atom stereocenters. The topological polar surface area (TPSA) is 183 Å². The van der Waals surface area contributed by atoms with Crippen molar-refractivity contribution in [1.82, 2.24) is 0 Å². The summed E-state index contributed by atoms with van der Waals surface area (Å²) in [4.78, 5) is 11.3. The van der Waals surface area contributed by atoms with E-state index in [2.05, 4.69) is 15.5 Å². The number of hydrogen-bond donors (Lipinski definition) is 4. The Hall–Kier alpha value is -3.59. The summed E-state index contributed by atoms with van der Waals surface area (Å²) in [6.45, 7) is 0. The zero-order valence-corrected chi connectivity index (χ0v) is 25.9. The number of hydrogen-bond acceptors (Lipinski definition) is 8. The van der Waals surface area contributed by atoms with Crippen molar-refractivity contribution in [3.63, 3.8) is 0 Å². The van der Waals surface area contributed by atoms with Crippen molar-refractivity contribution in [3.8, 4) is 5.75 Å². The molecule has 1 saturated carbocycles. The standard InChI is InChI=1S/C29H25Cl2N3O8S2/c30-18-8-11-22(31)20(14-18)29(36)32-23-12-13-24(43(37,38)39)21-15-25(44(40,41)42)27(28(35)26(21)23)34-33-19-9-6-17(7-10-19)16-4-2-1-3-5-16/h6-16,35H,1-5H2,(H,32,36)(H,37,38,39)(H,40,41,42). The summed E-state index contributed by atoms with van der Waals surface area (Å²) in [5, 5.41) is 21.0. The highest BCUT2D eigenvalue weighted by molar-refractivity contribution is 7.86. The maximum atomic E-state index is 13.1. The van der Waals surface area contributed by atoms with E-state index in [1.165, 1.54) is 24.6 Å². The summed E-state index contributed by atoms with van der Waals surface area (Å²) < 4.78 is 69.0. The molecule has 230 valence electrons. The van der Waals surface area contributed by atoms with E-state index in [0.29, 0.717) is 17.7 Å². The number of carbonyl (C=O) groups excluding carboxylic acids is 1. The van der Waals surface area contributed by atoms with Crippen LogP contribution in [-0.4, -0.2) is 37.0 Å². The number of nitrogens with one attached hydrogen (secondary N) is 1. The average molecular weight is 679 g/mol. The van der Waals surface area contributed by atoms with Crippen LogP contribution in [0.15, 0.2) is 80.7 Å². The van der Waals surface area contributed by atoms with Crippen molar-refractivity contribution in [2.75, 3.05) is 5.32 Å². The van der Waals surface area contributed by atoms with Crippen LogP contribution in [-0.2, 0) is 20.2 Å². The van der Waals surface area contributed by atoms with Gasteiger partial charge in [0.15, 0.2) is 5.75 Å². The molecule has 5 rings (SSSR count). The molecule has 1 fully saturated rings. The molecule has 0 aliphatic heterocycles. The molecule has 4 aromatic carbocycles. The number of benzene rings is 4. The van der Waals surface area contributed by atoms with E-state index >= 15 is 0 Å². The van der Waals surface area contributed by atoms with Crippen LogP contribution < -0.4 is 5.32 Å². The molecule has 11 nitrogen and oxygen atoms in total. The number of fused-ring (bicyclic) bond motifs is 1. The van der Waals surface area contributed by atoms with Gasteiger partial charge in [-0.3, -0.25) is 13.9 Å². The molecular formula is C29H25Cl2N3O8S2. The van der Waals surface area contributed by atoms with E-state index in [1.54, 1.807) is 12.1 Å². The Morgan fingerprint density at radius 2 is 1.48 bits per heavy atom. The quantitative estimate of drug-likeness (QED) is 0.112. The van der Waals surface area contributed by atoms with Crippen LogP contribution in [0, 0.1) is 0 Å². The molecule has 0 saturated heterocycles. The Bertz CT molecular complexity index is 2030. The number of azo groups is 1. The van der Waals surface area contributed by atoms with Crippen LogP contribution >= 0.6 is 23.2 Å². The Morgan fingerprint density at radius 3 is 2.11 bits per heavy atom. The molecule has 0 bridgehead atoms. The van der Waals surface area contributed by atoms with Gasteiger partial charge in [0, 0.05) is 10.4 Å². The summed E-state index contributed by atoms with van der Waals surface area (Å²) in [7, 11) is -10.1. The Labute approximate surface area is 263 Å². The van der Waals surface area contributed by atoms with Gasteiger partial charge in [-0.05, 0) is 72.9 Å². The number of carbonyl (C=O) groups is 1. The fraction of sp³-hybridized carbons (Fsp3) is 0.207. The number of halogens is 2. The number of nitrogens with zero attached hydrogens (tertiary/aromatic N) is 2. The minimum atomic E-state index is -5.13. The van der Waals surface area contributed by atoms with E-state index in [-0.39, 0.29) is 21.3 Å². The highest BCUT2D eigenvalue weighted by Gasteiger charge is 2.28. The number of aromatic hydroxyl groups is 1. The lowest BCUT2D eigenvalue weighted by Crippen LogP contribution is -2.13. The van der Waals surface area contributed by atoms with Gasteiger partial charge in [-0.15, -0.1) is 5.11 Å². The van der Waals surface area contributed by atoms with Crippen LogP contribution in [0.2, 0.25) is 10.0 Å². The second-order valence-electron chi connectivity index (χ2n) is 10.3. The maximum absolute atomic E-state index is 13.1. The van der Waals surface area contributed by atoms with Crippen molar-refractivity contribution in [3.05, 3.63) is 81.8 Å². The van der Waals surface area contributed by atoms with E-state index in [1.807, 2.05) is 12.1 Å². The summed E-state index contributed by atoms with van der Waals surface area (Å²) in [5.41, 5.74) is 0.438. The van der Waals surface area contributed by atoms with Gasteiger partial charge >= 0.3 is 0 Å². The highest BCUT2D eigenvalue weighted by atomic mass is 35.5. The van der Waals surface area contributed by atoms with E-state index in [9.17, 15) is 35.8 Å². The van der Waals surface area contributed by atoms with Crippen molar-refractivity contribution in [2.45, 2.75) is 47.8 Å². The summed E-state index contributed by atoms with van der Waals surface area (Å²) in [5.74, 6) is -1.33. The predicted molar refractivity (Wildman–Crippen MR) is 166 cm³/mol. The third kappa shape index (κ3) is 6.72. The third-order valence-electron chi connectivity index (χ3n) is 7.39. The van der Waals surface area contributed by atoms with Gasteiger partial charge < -0.3 is 10.4 Å². The Morgan fingerprint density at radius 1 is 0.818 bits per heavy atom. The zero-order valence-electron chi connectivity index (χ0n) is 22.7. The van der Waals surface area contributed by atoms with Gasteiger partial charge in [0.2, 0.25) is 0 Å². The van der Waals surface area contributed by atoms with Crippen LogP contribution in [0.3, 0.4) is 0 Å². The molecule has 1 amide bonds. The number of amides is 1. The number of anilines is 1. The molecule has 1 aliphatic rings. The molecule has 0 unspecified atom stereocenters. The fourth-order valence-electron chi connectivity index (χ4n) is 5.27. The van der Waals surface area contributed by atoms with Crippen LogP contribution in [0.5, 0.6) is 5.75 Å². The monoisotopic (exact) mass is 677 g/mol. The van der Waals surface area contributed by atoms with E-state index in [4.69, 9.17) is 23.2 Å². The lowest BCUT2D eigenvalue weighted by atomic mass is 9.84. The molecule has 0 spiro atoms. The first kappa shape index (κ1) is 31.8. The van der Waals surface area contributed by atoms with Gasteiger partial charge in [0.05, 0.1) is 27.3 Å². The first-order valence-electron chi connectivity index (χ1n) is 13.3. The van der Waals surface area contributed by atoms with Crippen LogP contribution in [0.25, 0.3) is 10.8 Å². The fourth-order valence-corrected chi connectivity index (χ4v) is 6.98. The van der Waals surface area contributed by atoms with Gasteiger partial charge in [-0.2, -0.15) is 21.9 Å². The molecule has 1 aliphatic carbocycles. The lowest BCUT2D eigenvalue weighted by molar-refractivity contribution is 0.102. The van der Waals surface area contributed by atoms with Crippen molar-refractivity contribution < 1.29 is 35.8 Å². The molecular weight excluding hydrogens is 653 g/mol. The second kappa shape index (κ2) is 12.4. The molecule has 0 aromatic heterocycles. The molecule has 0 radical (unpaired) electrons. The van der Waals surface area contributed by atoms with Gasteiger partial charge in [-0.25, -0.2) is 0 Å². The summed E-state index contributed by atoms with van der Waals surface area (Å²) in [6, 6.07) is 13.9. The minimum absolute atomic E-state index is 0.0349. The zero-order chi connectivity index (χ0) is 31.8. The van der Waals surface area contributed by atoms with Crippen LogP contribution in [0.4, 0.5) is 17.1 Å². The first-order chi connectivity index (χ1) is 20.7. The molecule has 44 heavy (non-hydrogen) atoms. The predicted octanol–water partition coefficient (Wildman–Crippen LogP) is 8.06. The summed E-state index contributed by atoms with van der Waals surface area (Å²) >= 11 is 12.1. The Balaban J connectivity index is 1.65. The lowest BCUT2D eigenvalue weighted by Gasteiger charge is -2.21. The number of phenols is 1. The van der Waals surface area contributed by atoms with Crippen molar-refractivity contribution >= 4 is 77.2 Å². The first-order valence-corrected chi connectivity index (χ1v) is 16.9. The van der Waals surface area contributed by atoms with Crippen molar-refractivity contribution in [1.29, 1.82) is 0 Å². The van der Waals surface area contributed by atoms with E-state index < -0.39 is 58.1 Å².